The van der Waals surface area contributed by atoms with Gasteiger partial charge in [0.2, 0.25) is 0 Å². The fraction of sp³-hybridized carbons (Fsp3) is 0.429. The Kier molecular flexibility index (Phi) is 4.30. The molecule has 0 atom stereocenters. The topological polar surface area (TPSA) is 77.3 Å². The average molecular weight is 315 g/mol. The van der Waals surface area contributed by atoms with E-state index in [2.05, 4.69) is 0 Å². The van der Waals surface area contributed by atoms with Crippen molar-refractivity contribution in [2.75, 3.05) is 0 Å². The molecule has 118 valence electrons. The highest BCUT2D eigenvalue weighted by Gasteiger charge is 2.35. The first-order chi connectivity index (χ1) is 10.2. The third-order valence-corrected chi connectivity index (χ3v) is 3.66. The van der Waals surface area contributed by atoms with Crippen LogP contribution in [-0.2, 0) is 22.2 Å². The van der Waals surface area contributed by atoms with Gasteiger partial charge in [0.25, 0.3) is 5.69 Å². The first-order valence-corrected chi connectivity index (χ1v) is 6.60. The van der Waals surface area contributed by atoms with E-state index in [1.807, 2.05) is 0 Å². The Hall–Kier alpha value is -2.25. The maximum absolute atomic E-state index is 12.6. The van der Waals surface area contributed by atoms with Crippen LogP contribution in [0.5, 0.6) is 0 Å². The minimum atomic E-state index is -4.69. The van der Waals surface area contributed by atoms with Crippen LogP contribution in [0.25, 0.3) is 0 Å². The lowest BCUT2D eigenvalue weighted by Gasteiger charge is -2.19. The smallest absolute Gasteiger partial charge is 0.299 e. The summed E-state index contributed by atoms with van der Waals surface area (Å²) in [4.78, 5) is 33.5. The van der Waals surface area contributed by atoms with Gasteiger partial charge in [-0.05, 0) is 18.9 Å². The van der Waals surface area contributed by atoms with Crippen molar-refractivity contribution in [3.8, 4) is 0 Å². The van der Waals surface area contributed by atoms with E-state index in [9.17, 15) is 32.9 Å². The van der Waals surface area contributed by atoms with Crippen molar-refractivity contribution in [3.05, 3.63) is 39.4 Å². The van der Waals surface area contributed by atoms with Crippen molar-refractivity contribution in [2.24, 2.45) is 5.92 Å². The molecule has 0 amide bonds. The van der Waals surface area contributed by atoms with Crippen molar-refractivity contribution < 1.29 is 27.7 Å². The first-order valence-electron chi connectivity index (χ1n) is 6.60. The Morgan fingerprint density at radius 1 is 1.18 bits per heavy atom. The molecule has 1 saturated carbocycles. The maximum atomic E-state index is 12.6. The fourth-order valence-corrected chi connectivity index (χ4v) is 2.50. The molecular weight excluding hydrogens is 303 g/mol. The molecule has 1 aliphatic carbocycles. The maximum Gasteiger partial charge on any atom is 0.416 e. The first kappa shape index (κ1) is 16.1. The van der Waals surface area contributed by atoms with Crippen LogP contribution in [0.15, 0.2) is 18.2 Å². The van der Waals surface area contributed by atoms with Gasteiger partial charge in [0.15, 0.2) is 0 Å². The van der Waals surface area contributed by atoms with Crippen LogP contribution >= 0.6 is 0 Å². The second kappa shape index (κ2) is 5.86. The third-order valence-electron chi connectivity index (χ3n) is 3.66. The normalized spacial score (nSPS) is 16.9. The van der Waals surface area contributed by atoms with Gasteiger partial charge in [-0.2, -0.15) is 13.2 Å². The lowest BCUT2D eigenvalue weighted by Crippen LogP contribution is -2.30. The van der Waals surface area contributed by atoms with Gasteiger partial charge in [0, 0.05) is 24.5 Å². The van der Waals surface area contributed by atoms with Crippen molar-refractivity contribution >= 4 is 17.3 Å². The lowest BCUT2D eigenvalue weighted by atomic mass is 9.82. The predicted molar refractivity (Wildman–Crippen MR) is 69.2 cm³/mol. The number of alkyl halides is 3. The molecule has 0 bridgehead atoms. The number of hydrogen-bond acceptors (Lipinski definition) is 4. The molecule has 8 heteroatoms. The van der Waals surface area contributed by atoms with E-state index in [-0.39, 0.29) is 36.4 Å². The second-order valence-corrected chi connectivity index (χ2v) is 5.14. The molecule has 0 heterocycles. The number of hydrogen-bond donors (Lipinski definition) is 0. The molecule has 0 aliphatic heterocycles. The highest BCUT2D eigenvalue weighted by atomic mass is 19.4. The van der Waals surface area contributed by atoms with Crippen LogP contribution in [0.1, 0.15) is 30.4 Å². The highest BCUT2D eigenvalue weighted by Crippen LogP contribution is 2.34. The van der Waals surface area contributed by atoms with Crippen LogP contribution < -0.4 is 0 Å². The van der Waals surface area contributed by atoms with Gasteiger partial charge < -0.3 is 0 Å². The molecule has 0 unspecified atom stereocenters. The Bertz CT molecular complexity index is 623. The van der Waals surface area contributed by atoms with Crippen molar-refractivity contribution in [2.45, 2.75) is 31.9 Å². The van der Waals surface area contributed by atoms with Gasteiger partial charge in [-0.15, -0.1) is 0 Å². The zero-order valence-electron chi connectivity index (χ0n) is 11.4. The SMILES string of the molecule is O=C1CCCC(=O)C1Cc1ccc(C(F)(F)F)cc1[N+](=O)[O-]. The molecule has 1 aromatic rings. The van der Waals surface area contributed by atoms with E-state index in [0.29, 0.717) is 12.5 Å². The third kappa shape index (κ3) is 3.32. The van der Waals surface area contributed by atoms with Crippen molar-refractivity contribution in [1.29, 1.82) is 0 Å². The number of halogens is 3. The molecule has 0 saturated heterocycles. The van der Waals surface area contributed by atoms with Gasteiger partial charge in [-0.3, -0.25) is 19.7 Å². The Labute approximate surface area is 123 Å². The second-order valence-electron chi connectivity index (χ2n) is 5.14. The average Bonchev–Trinajstić information content (AvgIpc) is 2.42. The van der Waals surface area contributed by atoms with Gasteiger partial charge in [0.05, 0.1) is 16.4 Å². The number of rotatable bonds is 3. The number of nitro benzene ring substituents is 1. The Morgan fingerprint density at radius 3 is 2.27 bits per heavy atom. The van der Waals surface area contributed by atoms with E-state index in [1.165, 1.54) is 0 Å². The zero-order valence-corrected chi connectivity index (χ0v) is 11.4. The molecule has 2 rings (SSSR count). The van der Waals surface area contributed by atoms with Crippen LogP contribution in [-0.4, -0.2) is 16.5 Å². The minimum absolute atomic E-state index is 0.0356. The predicted octanol–water partition coefficient (Wildman–Crippen LogP) is 3.09. The summed E-state index contributed by atoms with van der Waals surface area (Å²) in [5, 5.41) is 11.0. The molecule has 5 nitrogen and oxygen atoms in total. The van der Waals surface area contributed by atoms with E-state index >= 15 is 0 Å². The molecule has 1 fully saturated rings. The number of carbonyl (C=O) groups excluding carboxylic acids is 2. The summed E-state index contributed by atoms with van der Waals surface area (Å²) in [6.45, 7) is 0. The van der Waals surface area contributed by atoms with E-state index in [4.69, 9.17) is 0 Å². The molecule has 0 N–H and O–H groups in total. The summed E-state index contributed by atoms with van der Waals surface area (Å²) in [7, 11) is 0. The minimum Gasteiger partial charge on any atom is -0.299 e. The van der Waals surface area contributed by atoms with Gasteiger partial charge >= 0.3 is 6.18 Å². The Morgan fingerprint density at radius 2 is 1.77 bits per heavy atom. The van der Waals surface area contributed by atoms with Crippen LogP contribution in [0.4, 0.5) is 18.9 Å². The molecular formula is C14H12F3NO4. The largest absolute Gasteiger partial charge is 0.416 e. The monoisotopic (exact) mass is 315 g/mol. The van der Waals surface area contributed by atoms with E-state index < -0.39 is 28.3 Å². The van der Waals surface area contributed by atoms with Gasteiger partial charge in [-0.1, -0.05) is 6.07 Å². The zero-order chi connectivity index (χ0) is 16.5. The van der Waals surface area contributed by atoms with Crippen LogP contribution in [0, 0.1) is 16.0 Å². The summed E-state index contributed by atoms with van der Waals surface area (Å²) >= 11 is 0. The number of carbonyl (C=O) groups is 2. The number of Topliss-reactive ketones (excluding diaryl/α,β-unsaturated/α-hetero) is 2. The summed E-state index contributed by atoms with van der Waals surface area (Å²) in [5.74, 6) is -1.62. The molecule has 0 radical (unpaired) electrons. The van der Waals surface area contributed by atoms with Gasteiger partial charge in [0.1, 0.15) is 11.6 Å². The summed E-state index contributed by atoms with van der Waals surface area (Å²) < 4.78 is 37.8. The number of nitro groups is 1. The summed E-state index contributed by atoms with van der Waals surface area (Å²) in [5.41, 5.74) is -1.89. The summed E-state index contributed by atoms with van der Waals surface area (Å²) in [6, 6.07) is 2.13. The number of ketones is 2. The molecule has 0 spiro atoms. The van der Waals surface area contributed by atoms with E-state index in [1.54, 1.807) is 0 Å². The lowest BCUT2D eigenvalue weighted by molar-refractivity contribution is -0.385. The van der Waals surface area contributed by atoms with Crippen LogP contribution in [0.2, 0.25) is 0 Å². The number of nitrogens with zero attached hydrogens (tertiary/aromatic N) is 1. The highest BCUT2D eigenvalue weighted by molar-refractivity contribution is 6.04. The fourth-order valence-electron chi connectivity index (χ4n) is 2.50. The van der Waals surface area contributed by atoms with Crippen LogP contribution in [0.3, 0.4) is 0 Å². The Balaban J connectivity index is 2.36. The summed E-state index contributed by atoms with van der Waals surface area (Å²) in [6.07, 6.45) is -4.05. The van der Waals surface area contributed by atoms with Gasteiger partial charge in [-0.25, -0.2) is 0 Å². The molecule has 1 aliphatic rings. The van der Waals surface area contributed by atoms with Crippen molar-refractivity contribution in [3.63, 3.8) is 0 Å². The molecule has 0 aromatic heterocycles. The molecule has 1 aromatic carbocycles. The van der Waals surface area contributed by atoms with Crippen molar-refractivity contribution in [1.82, 2.24) is 0 Å². The van der Waals surface area contributed by atoms with E-state index in [0.717, 1.165) is 12.1 Å². The standard InChI is InChI=1S/C14H12F3NO4/c15-14(16,17)9-5-4-8(11(7-9)18(21)22)6-10-12(19)2-1-3-13(10)20/h4-5,7,10H,1-3,6H2. The quantitative estimate of drug-likeness (QED) is 0.488. The molecule has 22 heavy (non-hydrogen) atoms. The number of benzene rings is 1.